The Labute approximate surface area is 194 Å². The lowest BCUT2D eigenvalue weighted by Gasteiger charge is -2.28. The minimum Gasteiger partial charge on any atom is -0.337 e. The highest BCUT2D eigenvalue weighted by Gasteiger charge is 2.22. The van der Waals surface area contributed by atoms with Crippen molar-refractivity contribution in [2.75, 3.05) is 12.3 Å². The molecule has 0 saturated carbocycles. The van der Waals surface area contributed by atoms with Crippen molar-refractivity contribution >= 4 is 40.2 Å². The van der Waals surface area contributed by atoms with Crippen LogP contribution in [-0.4, -0.2) is 32.7 Å². The van der Waals surface area contributed by atoms with Crippen molar-refractivity contribution in [3.8, 4) is 5.69 Å². The quantitative estimate of drug-likeness (QED) is 0.326. The third-order valence-electron chi connectivity index (χ3n) is 5.64. The highest BCUT2D eigenvalue weighted by Crippen LogP contribution is 2.24. The number of thioether (sulfide) groups is 1. The fourth-order valence-electron chi connectivity index (χ4n) is 3.95. The van der Waals surface area contributed by atoms with Crippen LogP contribution in [0.15, 0.2) is 82.7 Å². The van der Waals surface area contributed by atoms with Gasteiger partial charge in [-0.3, -0.25) is 14.2 Å². The van der Waals surface area contributed by atoms with Crippen LogP contribution >= 0.6 is 23.4 Å². The van der Waals surface area contributed by atoms with E-state index in [-0.39, 0.29) is 17.2 Å². The van der Waals surface area contributed by atoms with Crippen LogP contribution < -0.4 is 5.56 Å². The number of carbonyl (C=O) groups is 1. The molecule has 0 saturated heterocycles. The van der Waals surface area contributed by atoms with Crippen molar-refractivity contribution in [1.82, 2.24) is 14.5 Å². The molecule has 1 aliphatic heterocycles. The summed E-state index contributed by atoms with van der Waals surface area (Å²) in [6.45, 7) is 1.32. The summed E-state index contributed by atoms with van der Waals surface area (Å²) < 4.78 is 1.56. The molecule has 0 radical (unpaired) electrons. The predicted molar refractivity (Wildman–Crippen MR) is 129 cm³/mol. The number of fused-ring (bicyclic) bond motifs is 2. The fraction of sp³-hybridized carbons (Fsp3) is 0.160. The Morgan fingerprint density at radius 1 is 0.969 bits per heavy atom. The molecular weight excluding hydrogens is 442 g/mol. The maximum absolute atomic E-state index is 13.3. The number of amides is 1. The molecule has 0 fully saturated rings. The van der Waals surface area contributed by atoms with Gasteiger partial charge in [0.05, 0.1) is 22.3 Å². The molecule has 5 rings (SSSR count). The summed E-state index contributed by atoms with van der Waals surface area (Å²) in [4.78, 5) is 32.9. The van der Waals surface area contributed by atoms with Gasteiger partial charge in [-0.1, -0.05) is 59.8 Å². The Balaban J connectivity index is 1.45. The fourth-order valence-corrected chi connectivity index (χ4v) is 4.99. The number of carbonyl (C=O) groups excluding carboxylic acids is 1. The molecule has 2 heterocycles. The van der Waals surface area contributed by atoms with Crippen LogP contribution in [0.1, 0.15) is 11.1 Å². The SMILES string of the molecule is O=C(CSc1nc2ccccc2c(=O)n1-c1ccc(Cl)cc1)N1CCc2ccccc2C1. The van der Waals surface area contributed by atoms with Crippen LogP contribution in [0.2, 0.25) is 5.02 Å². The number of nitrogens with zero attached hydrogens (tertiary/aromatic N) is 3. The van der Waals surface area contributed by atoms with Gasteiger partial charge in [-0.05, 0) is 53.9 Å². The monoisotopic (exact) mass is 461 g/mol. The van der Waals surface area contributed by atoms with E-state index in [1.165, 1.54) is 22.9 Å². The summed E-state index contributed by atoms with van der Waals surface area (Å²) in [5.74, 6) is 0.246. The molecule has 1 amide bonds. The van der Waals surface area contributed by atoms with Gasteiger partial charge >= 0.3 is 0 Å². The summed E-state index contributed by atoms with van der Waals surface area (Å²) >= 11 is 7.33. The topological polar surface area (TPSA) is 55.2 Å². The van der Waals surface area contributed by atoms with Crippen LogP contribution in [0.25, 0.3) is 16.6 Å². The Hall–Kier alpha value is -3.09. The van der Waals surface area contributed by atoms with E-state index in [1.54, 1.807) is 34.9 Å². The van der Waals surface area contributed by atoms with E-state index < -0.39 is 0 Å². The molecule has 1 aliphatic rings. The number of rotatable bonds is 4. The van der Waals surface area contributed by atoms with Gasteiger partial charge in [0.15, 0.2) is 5.16 Å². The molecule has 0 spiro atoms. The first-order valence-electron chi connectivity index (χ1n) is 10.4. The Morgan fingerprint density at radius 3 is 2.50 bits per heavy atom. The van der Waals surface area contributed by atoms with Crippen LogP contribution in [0.3, 0.4) is 0 Å². The zero-order chi connectivity index (χ0) is 22.1. The van der Waals surface area contributed by atoms with Gasteiger partial charge in [0.25, 0.3) is 5.56 Å². The van der Waals surface area contributed by atoms with Crippen molar-refractivity contribution in [3.05, 3.63) is 99.3 Å². The average molecular weight is 462 g/mol. The second-order valence-electron chi connectivity index (χ2n) is 7.65. The first-order valence-corrected chi connectivity index (χ1v) is 11.7. The second-order valence-corrected chi connectivity index (χ2v) is 9.03. The number of halogens is 1. The van der Waals surface area contributed by atoms with E-state index in [0.29, 0.717) is 39.9 Å². The van der Waals surface area contributed by atoms with Crippen molar-refractivity contribution in [2.45, 2.75) is 18.1 Å². The molecular formula is C25H20ClN3O2S. The summed E-state index contributed by atoms with van der Waals surface area (Å²) in [5, 5.41) is 1.61. The average Bonchev–Trinajstić information content (AvgIpc) is 2.83. The zero-order valence-electron chi connectivity index (χ0n) is 17.2. The number of hydrogen-bond acceptors (Lipinski definition) is 4. The molecule has 1 aromatic heterocycles. The summed E-state index contributed by atoms with van der Waals surface area (Å²) in [5.41, 5.74) is 3.61. The second kappa shape index (κ2) is 8.81. The standard InChI is InChI=1S/C25H20ClN3O2S/c26-19-9-11-20(12-10-19)29-24(31)21-7-3-4-8-22(21)27-25(29)32-16-23(30)28-14-13-17-5-1-2-6-18(17)15-28/h1-12H,13-16H2. The highest BCUT2D eigenvalue weighted by molar-refractivity contribution is 7.99. The van der Waals surface area contributed by atoms with E-state index in [1.807, 2.05) is 35.2 Å². The molecule has 32 heavy (non-hydrogen) atoms. The van der Waals surface area contributed by atoms with E-state index >= 15 is 0 Å². The molecule has 7 heteroatoms. The van der Waals surface area contributed by atoms with E-state index in [9.17, 15) is 9.59 Å². The molecule has 5 nitrogen and oxygen atoms in total. The molecule has 0 N–H and O–H groups in total. The smallest absolute Gasteiger partial charge is 0.266 e. The molecule has 3 aromatic carbocycles. The van der Waals surface area contributed by atoms with Crippen LogP contribution in [0.5, 0.6) is 0 Å². The van der Waals surface area contributed by atoms with Crippen molar-refractivity contribution in [1.29, 1.82) is 0 Å². The van der Waals surface area contributed by atoms with Gasteiger partial charge in [-0.15, -0.1) is 0 Å². The van der Waals surface area contributed by atoms with Crippen molar-refractivity contribution < 1.29 is 4.79 Å². The Bertz CT molecular complexity index is 1370. The van der Waals surface area contributed by atoms with Crippen LogP contribution in [0.4, 0.5) is 0 Å². The normalized spacial score (nSPS) is 13.2. The summed E-state index contributed by atoms with van der Waals surface area (Å²) in [6, 6.07) is 22.5. The summed E-state index contributed by atoms with van der Waals surface area (Å²) in [6.07, 6.45) is 0.857. The lowest BCUT2D eigenvalue weighted by molar-refractivity contribution is -0.129. The first-order chi connectivity index (χ1) is 15.6. The van der Waals surface area contributed by atoms with E-state index in [2.05, 4.69) is 12.1 Å². The van der Waals surface area contributed by atoms with Gasteiger partial charge in [-0.2, -0.15) is 0 Å². The molecule has 0 bridgehead atoms. The van der Waals surface area contributed by atoms with Gasteiger partial charge in [0.1, 0.15) is 0 Å². The molecule has 160 valence electrons. The van der Waals surface area contributed by atoms with Crippen molar-refractivity contribution in [2.24, 2.45) is 0 Å². The number of aromatic nitrogens is 2. The Morgan fingerprint density at radius 2 is 1.69 bits per heavy atom. The predicted octanol–water partition coefficient (Wildman–Crippen LogP) is 4.72. The zero-order valence-corrected chi connectivity index (χ0v) is 18.8. The molecule has 0 unspecified atom stereocenters. The maximum Gasteiger partial charge on any atom is 0.266 e. The highest BCUT2D eigenvalue weighted by atomic mass is 35.5. The number of hydrogen-bond donors (Lipinski definition) is 0. The summed E-state index contributed by atoms with van der Waals surface area (Å²) in [7, 11) is 0. The van der Waals surface area contributed by atoms with E-state index in [4.69, 9.17) is 16.6 Å². The van der Waals surface area contributed by atoms with Gasteiger partial charge in [0.2, 0.25) is 5.91 Å². The third-order valence-corrected chi connectivity index (χ3v) is 6.81. The van der Waals surface area contributed by atoms with Crippen LogP contribution in [-0.2, 0) is 17.8 Å². The number of para-hydroxylation sites is 1. The minimum absolute atomic E-state index is 0.0366. The van der Waals surface area contributed by atoms with Crippen LogP contribution in [0, 0.1) is 0 Å². The molecule has 0 atom stereocenters. The maximum atomic E-state index is 13.3. The Kier molecular flexibility index (Phi) is 5.72. The minimum atomic E-state index is -0.167. The molecule has 0 aliphatic carbocycles. The first kappa shape index (κ1) is 20.8. The van der Waals surface area contributed by atoms with Gasteiger partial charge in [-0.25, -0.2) is 4.98 Å². The van der Waals surface area contributed by atoms with Crippen molar-refractivity contribution in [3.63, 3.8) is 0 Å². The molecule has 4 aromatic rings. The number of benzene rings is 3. The lowest BCUT2D eigenvalue weighted by Crippen LogP contribution is -2.37. The van der Waals surface area contributed by atoms with Gasteiger partial charge < -0.3 is 4.90 Å². The van der Waals surface area contributed by atoms with E-state index in [0.717, 1.165) is 6.42 Å². The third kappa shape index (κ3) is 4.04. The largest absolute Gasteiger partial charge is 0.337 e. The van der Waals surface area contributed by atoms with Gasteiger partial charge in [0, 0.05) is 18.1 Å². The lowest BCUT2D eigenvalue weighted by atomic mass is 10.00.